The summed E-state index contributed by atoms with van der Waals surface area (Å²) in [5.41, 5.74) is 0. The minimum absolute atomic E-state index is 0. The van der Waals surface area contributed by atoms with Gasteiger partial charge in [0.2, 0.25) is 0 Å². The van der Waals surface area contributed by atoms with E-state index < -0.39 is 6.16 Å². The molecule has 0 rings (SSSR count). The van der Waals surface area contributed by atoms with Gasteiger partial charge in [-0.1, -0.05) is 0 Å². The van der Waals surface area contributed by atoms with E-state index in [-0.39, 0.29) is 63.0 Å². The third kappa shape index (κ3) is 6220. The van der Waals surface area contributed by atoms with Crippen LogP contribution in [0, 0.1) is 35.6 Å². The quantitative estimate of drug-likeness (QED) is 0.424. The molecule has 10 heavy (non-hydrogen) atoms. The van der Waals surface area contributed by atoms with Gasteiger partial charge in [-0.25, -0.2) is 0 Å². The van der Waals surface area contributed by atoms with Crippen LogP contribution in [-0.2, 0) is 0 Å². The molecular formula is CH10LaO8+. The largest absolute Gasteiger partial charge is 3.00 e. The number of rotatable bonds is 0. The predicted octanol–water partition coefficient (Wildman–Crippen LogP) is -6.57. The smallest absolute Gasteiger partial charge is 0.652 e. The molecule has 0 amide bonds. The first-order valence-electron chi connectivity index (χ1n) is 0.612. The van der Waals surface area contributed by atoms with Crippen molar-refractivity contribution in [1.82, 2.24) is 0 Å². The summed E-state index contributed by atoms with van der Waals surface area (Å²) in [4.78, 5) is 8.33. The molecule has 0 radical (unpaired) electrons. The van der Waals surface area contributed by atoms with E-state index in [1.165, 1.54) is 0 Å². The number of hydrogen-bond acceptors (Lipinski definition) is 3. The Kier molecular flexibility index (Phi) is 491. The summed E-state index contributed by atoms with van der Waals surface area (Å²) >= 11 is 0. The van der Waals surface area contributed by atoms with Gasteiger partial charge in [0.1, 0.15) is 0 Å². The van der Waals surface area contributed by atoms with Crippen molar-refractivity contribution in [2.75, 3.05) is 0 Å². The van der Waals surface area contributed by atoms with Crippen LogP contribution in [-0.4, -0.2) is 33.5 Å². The van der Waals surface area contributed by atoms with Crippen LogP contribution in [0.1, 0.15) is 0 Å². The van der Waals surface area contributed by atoms with Gasteiger partial charge in [-0.05, 0) is 6.16 Å². The molecule has 0 saturated carbocycles. The minimum Gasteiger partial charge on any atom is -0.652 e. The maximum atomic E-state index is 8.33. The summed E-state index contributed by atoms with van der Waals surface area (Å²) in [5, 5.41) is 16.7. The second-order valence-corrected chi connectivity index (χ2v) is 0.250. The van der Waals surface area contributed by atoms with Gasteiger partial charge in [-0.2, -0.15) is 0 Å². The normalized spacial score (nSPS) is 2.40. The van der Waals surface area contributed by atoms with Gasteiger partial charge in [0.05, 0.1) is 0 Å². The summed E-state index contributed by atoms with van der Waals surface area (Å²) in [5.74, 6) is 0. The van der Waals surface area contributed by atoms with Crippen LogP contribution in [0.25, 0.3) is 0 Å². The van der Waals surface area contributed by atoms with Crippen molar-refractivity contribution in [2.45, 2.75) is 0 Å². The predicted molar refractivity (Wildman–Crippen MR) is 23.5 cm³/mol. The number of carbonyl (C=O) groups is 1. The molecule has 0 atom stereocenters. The van der Waals surface area contributed by atoms with Crippen LogP contribution in [0.5, 0.6) is 0 Å². The molecule has 0 aromatic heterocycles. The van der Waals surface area contributed by atoms with Gasteiger partial charge in [0, 0.05) is 0 Å². The van der Waals surface area contributed by atoms with Crippen molar-refractivity contribution < 1.29 is 78.0 Å². The van der Waals surface area contributed by atoms with Crippen molar-refractivity contribution in [3.63, 3.8) is 0 Å². The molecular weight excluding hydrogens is 279 g/mol. The fourth-order valence-electron chi connectivity index (χ4n) is 0. The standard InChI is InChI=1S/CH2O3.La.5H2O/c2-1(3)4;;;;;;/h(H2,2,3,4);;5*1H2/q;+3;;;;;/p-2. The van der Waals surface area contributed by atoms with Crippen molar-refractivity contribution in [3.8, 4) is 0 Å². The molecule has 8 nitrogen and oxygen atoms in total. The number of carbonyl (C=O) groups excluding carboxylic acids is 1. The maximum absolute atomic E-state index is 8.33. The first-order valence-corrected chi connectivity index (χ1v) is 0.612. The zero-order valence-electron chi connectivity index (χ0n) is 4.80. The molecule has 0 bridgehead atoms. The van der Waals surface area contributed by atoms with E-state index >= 15 is 0 Å². The molecule has 9 heteroatoms. The molecule has 0 spiro atoms. The minimum atomic E-state index is -2.33. The number of hydrogen-bond donors (Lipinski definition) is 0. The van der Waals surface area contributed by atoms with E-state index in [1.54, 1.807) is 0 Å². The van der Waals surface area contributed by atoms with Gasteiger partial charge >= 0.3 is 35.6 Å². The Morgan fingerprint density at radius 1 is 0.800 bits per heavy atom. The Morgan fingerprint density at radius 2 is 0.800 bits per heavy atom. The van der Waals surface area contributed by atoms with Crippen LogP contribution in [0.2, 0.25) is 0 Å². The molecule has 64 valence electrons. The SMILES string of the molecule is O.O.O.O.O.O=C([O-])[O-].[La+3]. The van der Waals surface area contributed by atoms with Gasteiger partial charge < -0.3 is 42.4 Å². The third-order valence-electron chi connectivity index (χ3n) is 0. The molecule has 0 aliphatic heterocycles. The van der Waals surface area contributed by atoms with Crippen molar-refractivity contribution in [1.29, 1.82) is 0 Å². The van der Waals surface area contributed by atoms with Crippen LogP contribution in [0.4, 0.5) is 4.79 Å². The van der Waals surface area contributed by atoms with E-state index in [0.717, 1.165) is 0 Å². The molecule has 0 saturated heterocycles. The first kappa shape index (κ1) is 82.7. The fourth-order valence-corrected chi connectivity index (χ4v) is 0. The summed E-state index contributed by atoms with van der Waals surface area (Å²) in [6.45, 7) is 0. The van der Waals surface area contributed by atoms with Gasteiger partial charge in [-0.3, -0.25) is 0 Å². The molecule has 0 unspecified atom stereocenters. The average Bonchev–Trinajstić information content (AvgIpc) is 0.811. The molecule has 0 aromatic carbocycles. The van der Waals surface area contributed by atoms with Crippen LogP contribution in [0.3, 0.4) is 0 Å². The number of carboxylic acid groups (broad SMARTS) is 2. The Balaban J connectivity index is -0.00000000300. The molecule has 0 aliphatic rings. The summed E-state index contributed by atoms with van der Waals surface area (Å²) in [6.07, 6.45) is -2.33. The van der Waals surface area contributed by atoms with E-state index in [1.807, 2.05) is 0 Å². The second-order valence-electron chi connectivity index (χ2n) is 0.250. The average molecular weight is 289 g/mol. The molecule has 0 aromatic rings. The van der Waals surface area contributed by atoms with Crippen LogP contribution >= 0.6 is 0 Å². The summed E-state index contributed by atoms with van der Waals surface area (Å²) < 4.78 is 0. The Bertz CT molecular complexity index is 32.2. The molecule has 10 N–H and O–H groups in total. The summed E-state index contributed by atoms with van der Waals surface area (Å²) in [7, 11) is 0. The monoisotopic (exact) mass is 289 g/mol. The van der Waals surface area contributed by atoms with Gasteiger partial charge in [0.15, 0.2) is 0 Å². The Hall–Kier alpha value is 0.265. The molecule has 0 heterocycles. The van der Waals surface area contributed by atoms with Gasteiger partial charge in [0.25, 0.3) is 0 Å². The zero-order valence-corrected chi connectivity index (χ0v) is 8.43. The summed E-state index contributed by atoms with van der Waals surface area (Å²) in [6, 6.07) is 0. The van der Waals surface area contributed by atoms with Crippen molar-refractivity contribution >= 4 is 6.16 Å². The van der Waals surface area contributed by atoms with Gasteiger partial charge in [-0.15, -0.1) is 0 Å². The van der Waals surface area contributed by atoms with Crippen LogP contribution in [0.15, 0.2) is 0 Å². The van der Waals surface area contributed by atoms with E-state index in [2.05, 4.69) is 0 Å². The van der Waals surface area contributed by atoms with E-state index in [4.69, 9.17) is 15.0 Å². The van der Waals surface area contributed by atoms with Crippen molar-refractivity contribution in [2.24, 2.45) is 0 Å². The second kappa shape index (κ2) is 59.4. The maximum Gasteiger partial charge on any atom is 3.00 e. The zero-order chi connectivity index (χ0) is 3.58. The fraction of sp³-hybridized carbons (Fsp3) is 0. The van der Waals surface area contributed by atoms with Crippen LogP contribution < -0.4 is 10.2 Å². The topological polar surface area (TPSA) is 221 Å². The molecule has 0 aliphatic carbocycles. The van der Waals surface area contributed by atoms with E-state index in [0.29, 0.717) is 0 Å². The Morgan fingerprint density at radius 3 is 0.800 bits per heavy atom. The Labute approximate surface area is 84.0 Å². The molecule has 0 fully saturated rings. The van der Waals surface area contributed by atoms with E-state index in [9.17, 15) is 0 Å². The van der Waals surface area contributed by atoms with Crippen molar-refractivity contribution in [3.05, 3.63) is 0 Å². The third-order valence-corrected chi connectivity index (χ3v) is 0. The first-order chi connectivity index (χ1) is 1.73.